The van der Waals surface area contributed by atoms with Gasteiger partial charge < -0.3 is 4.90 Å². The first-order valence-corrected chi connectivity index (χ1v) is 7.46. The Morgan fingerprint density at radius 2 is 1.55 bits per heavy atom. The zero-order valence-electron chi connectivity index (χ0n) is 12.0. The Kier molecular flexibility index (Phi) is 3.95. The van der Waals surface area contributed by atoms with E-state index in [2.05, 4.69) is 46.1 Å². The number of aromatic nitrogens is 2. The van der Waals surface area contributed by atoms with Crippen LogP contribution in [0.1, 0.15) is 43.2 Å². The molecule has 0 bridgehead atoms. The normalized spacial score (nSPS) is 16.9. The van der Waals surface area contributed by atoms with Crippen molar-refractivity contribution in [2.45, 2.75) is 32.1 Å². The second-order valence-corrected chi connectivity index (χ2v) is 5.50. The molecule has 2 heterocycles. The van der Waals surface area contributed by atoms with Crippen LogP contribution in [0.5, 0.6) is 0 Å². The number of piperidine rings is 1. The van der Waals surface area contributed by atoms with Gasteiger partial charge in [-0.15, -0.1) is 0 Å². The summed E-state index contributed by atoms with van der Waals surface area (Å²) in [6.45, 7) is 4.38. The molecule has 3 rings (SSSR count). The van der Waals surface area contributed by atoms with Crippen LogP contribution in [0.4, 0.5) is 5.95 Å². The molecule has 0 saturated carbocycles. The Hall–Kier alpha value is -1.90. The van der Waals surface area contributed by atoms with E-state index in [-0.39, 0.29) is 0 Å². The summed E-state index contributed by atoms with van der Waals surface area (Å²) in [5, 5.41) is 0. The van der Waals surface area contributed by atoms with E-state index in [4.69, 9.17) is 0 Å². The highest BCUT2D eigenvalue weighted by Gasteiger charge is 2.14. The molecule has 0 N–H and O–H groups in total. The van der Waals surface area contributed by atoms with Crippen LogP contribution in [0.15, 0.2) is 42.7 Å². The second kappa shape index (κ2) is 6.04. The fourth-order valence-electron chi connectivity index (χ4n) is 2.75. The lowest BCUT2D eigenvalue weighted by Gasteiger charge is -2.26. The highest BCUT2D eigenvalue weighted by molar-refractivity contribution is 5.34. The predicted molar refractivity (Wildman–Crippen MR) is 82.1 cm³/mol. The molecular weight excluding hydrogens is 246 g/mol. The van der Waals surface area contributed by atoms with Crippen molar-refractivity contribution in [1.82, 2.24) is 9.97 Å². The first-order valence-electron chi connectivity index (χ1n) is 7.46. The molecule has 20 heavy (non-hydrogen) atoms. The minimum Gasteiger partial charge on any atom is -0.341 e. The third kappa shape index (κ3) is 2.82. The SMILES string of the molecule is CC(c1ccccc1)c1cnc(N2CCCCC2)nc1. The average molecular weight is 267 g/mol. The Morgan fingerprint density at radius 3 is 2.20 bits per heavy atom. The van der Waals surface area contributed by atoms with Crippen molar-refractivity contribution in [1.29, 1.82) is 0 Å². The van der Waals surface area contributed by atoms with Gasteiger partial charge in [0.2, 0.25) is 5.95 Å². The van der Waals surface area contributed by atoms with Crippen LogP contribution in [0, 0.1) is 0 Å². The molecule has 3 nitrogen and oxygen atoms in total. The third-order valence-corrected chi connectivity index (χ3v) is 4.10. The van der Waals surface area contributed by atoms with E-state index < -0.39 is 0 Å². The Morgan fingerprint density at radius 1 is 0.900 bits per heavy atom. The highest BCUT2D eigenvalue weighted by Crippen LogP contribution is 2.23. The first-order chi connectivity index (χ1) is 9.84. The summed E-state index contributed by atoms with van der Waals surface area (Å²) >= 11 is 0. The maximum atomic E-state index is 4.56. The zero-order chi connectivity index (χ0) is 13.8. The van der Waals surface area contributed by atoms with Gasteiger partial charge in [0.1, 0.15) is 0 Å². The number of hydrogen-bond donors (Lipinski definition) is 0. The lowest BCUT2D eigenvalue weighted by Crippen LogP contribution is -2.30. The Balaban J connectivity index is 1.75. The lowest BCUT2D eigenvalue weighted by molar-refractivity contribution is 0.567. The fourth-order valence-corrected chi connectivity index (χ4v) is 2.75. The summed E-state index contributed by atoms with van der Waals surface area (Å²) in [7, 11) is 0. The summed E-state index contributed by atoms with van der Waals surface area (Å²) in [5.74, 6) is 1.22. The van der Waals surface area contributed by atoms with Crippen molar-refractivity contribution in [3.63, 3.8) is 0 Å². The van der Waals surface area contributed by atoms with E-state index in [1.165, 1.54) is 30.4 Å². The van der Waals surface area contributed by atoms with Crippen LogP contribution >= 0.6 is 0 Å². The van der Waals surface area contributed by atoms with Gasteiger partial charge in [-0.25, -0.2) is 9.97 Å². The van der Waals surface area contributed by atoms with E-state index in [9.17, 15) is 0 Å². The standard InChI is InChI=1S/C17H21N3/c1-14(15-8-4-2-5-9-15)16-12-18-17(19-13-16)20-10-6-3-7-11-20/h2,4-5,8-9,12-14H,3,6-7,10-11H2,1H3. The number of benzene rings is 1. The van der Waals surface area contributed by atoms with Crippen molar-refractivity contribution in [2.24, 2.45) is 0 Å². The van der Waals surface area contributed by atoms with Crippen molar-refractivity contribution in [2.75, 3.05) is 18.0 Å². The smallest absolute Gasteiger partial charge is 0.225 e. The molecule has 1 aromatic carbocycles. The van der Waals surface area contributed by atoms with Gasteiger partial charge in [-0.3, -0.25) is 0 Å². The van der Waals surface area contributed by atoms with E-state index in [1.54, 1.807) is 0 Å². The third-order valence-electron chi connectivity index (χ3n) is 4.10. The number of anilines is 1. The minimum atomic E-state index is 0.339. The van der Waals surface area contributed by atoms with Gasteiger partial charge >= 0.3 is 0 Å². The Bertz CT molecular complexity index is 530. The molecule has 1 aromatic heterocycles. The topological polar surface area (TPSA) is 29.0 Å². The van der Waals surface area contributed by atoms with Crippen LogP contribution in [-0.2, 0) is 0 Å². The van der Waals surface area contributed by atoms with E-state index >= 15 is 0 Å². The van der Waals surface area contributed by atoms with Gasteiger partial charge in [0.25, 0.3) is 0 Å². The van der Waals surface area contributed by atoms with Crippen LogP contribution in [0.3, 0.4) is 0 Å². The average Bonchev–Trinajstić information content (AvgIpc) is 2.56. The highest BCUT2D eigenvalue weighted by atomic mass is 15.2. The van der Waals surface area contributed by atoms with Crippen molar-refractivity contribution < 1.29 is 0 Å². The first kappa shape index (κ1) is 13.1. The van der Waals surface area contributed by atoms with E-state index in [1.807, 2.05) is 18.5 Å². The Labute approximate surface area is 120 Å². The van der Waals surface area contributed by atoms with E-state index in [0.717, 1.165) is 19.0 Å². The molecule has 0 amide bonds. The molecule has 1 atom stereocenters. The molecule has 1 aliphatic rings. The molecule has 3 heteroatoms. The van der Waals surface area contributed by atoms with E-state index in [0.29, 0.717) is 5.92 Å². The fraction of sp³-hybridized carbons (Fsp3) is 0.412. The molecule has 1 fully saturated rings. The number of rotatable bonds is 3. The quantitative estimate of drug-likeness (QED) is 0.850. The maximum Gasteiger partial charge on any atom is 0.225 e. The number of hydrogen-bond acceptors (Lipinski definition) is 3. The molecule has 0 radical (unpaired) electrons. The molecule has 0 spiro atoms. The van der Waals surface area contributed by atoms with Gasteiger partial charge in [-0.05, 0) is 30.4 Å². The molecule has 2 aromatic rings. The molecule has 1 saturated heterocycles. The van der Waals surface area contributed by atoms with Crippen LogP contribution in [0.2, 0.25) is 0 Å². The maximum absolute atomic E-state index is 4.56. The summed E-state index contributed by atoms with van der Waals surface area (Å²) in [6.07, 6.45) is 7.81. The van der Waals surface area contributed by atoms with Crippen LogP contribution < -0.4 is 4.90 Å². The van der Waals surface area contributed by atoms with Crippen molar-refractivity contribution >= 4 is 5.95 Å². The molecule has 1 aliphatic heterocycles. The molecule has 104 valence electrons. The minimum absolute atomic E-state index is 0.339. The van der Waals surface area contributed by atoms with Crippen LogP contribution in [0.25, 0.3) is 0 Å². The second-order valence-electron chi connectivity index (χ2n) is 5.50. The summed E-state index contributed by atoms with van der Waals surface area (Å²) in [5.41, 5.74) is 2.48. The summed E-state index contributed by atoms with van der Waals surface area (Å²) < 4.78 is 0. The molecular formula is C17H21N3. The number of nitrogens with zero attached hydrogens (tertiary/aromatic N) is 3. The van der Waals surface area contributed by atoms with Gasteiger partial charge in [0, 0.05) is 31.4 Å². The zero-order valence-corrected chi connectivity index (χ0v) is 12.0. The van der Waals surface area contributed by atoms with Gasteiger partial charge in [0.05, 0.1) is 0 Å². The van der Waals surface area contributed by atoms with Gasteiger partial charge in [0.15, 0.2) is 0 Å². The molecule has 0 aliphatic carbocycles. The van der Waals surface area contributed by atoms with Crippen molar-refractivity contribution in [3.05, 3.63) is 53.9 Å². The lowest BCUT2D eigenvalue weighted by atomic mass is 9.96. The van der Waals surface area contributed by atoms with Gasteiger partial charge in [-0.2, -0.15) is 0 Å². The predicted octanol–water partition coefficient (Wildman–Crippen LogP) is 3.62. The summed E-state index contributed by atoms with van der Waals surface area (Å²) in [4.78, 5) is 11.4. The van der Waals surface area contributed by atoms with Crippen molar-refractivity contribution in [3.8, 4) is 0 Å². The monoisotopic (exact) mass is 267 g/mol. The molecule has 1 unspecified atom stereocenters. The van der Waals surface area contributed by atoms with Crippen LogP contribution in [-0.4, -0.2) is 23.1 Å². The largest absolute Gasteiger partial charge is 0.341 e. The van der Waals surface area contributed by atoms with Gasteiger partial charge in [-0.1, -0.05) is 37.3 Å². The summed E-state index contributed by atoms with van der Waals surface area (Å²) in [6, 6.07) is 10.5.